The predicted octanol–water partition coefficient (Wildman–Crippen LogP) is 5.22. The molecule has 2 rings (SSSR count). The molecule has 0 aromatic heterocycles. The lowest BCUT2D eigenvalue weighted by Gasteiger charge is -2.25. The third-order valence-electron chi connectivity index (χ3n) is 4.52. The average molecular weight is 437 g/mol. The monoisotopic (exact) mass is 436 g/mol. The van der Waals surface area contributed by atoms with Gasteiger partial charge in [-0.3, -0.25) is 10.1 Å². The molecule has 2 aromatic rings. The van der Waals surface area contributed by atoms with Crippen LogP contribution in [0.5, 0.6) is 11.5 Å². The summed E-state index contributed by atoms with van der Waals surface area (Å²) >= 11 is 3.60. The Kier molecular flexibility index (Phi) is 7.21. The van der Waals surface area contributed by atoms with Crippen molar-refractivity contribution in [2.75, 3.05) is 7.11 Å². The second kappa shape index (κ2) is 9.19. The summed E-state index contributed by atoms with van der Waals surface area (Å²) in [5.41, 5.74) is 2.04. The summed E-state index contributed by atoms with van der Waals surface area (Å²) in [5.74, 6) is 1.26. The molecule has 1 N–H and O–H groups in total. The van der Waals surface area contributed by atoms with Crippen LogP contribution in [0.2, 0.25) is 0 Å². The smallest absolute Gasteiger partial charge is 0.269 e. The number of nitro groups is 1. The molecule has 0 fully saturated rings. The van der Waals surface area contributed by atoms with E-state index in [-0.39, 0.29) is 11.2 Å². The second-order valence-electron chi connectivity index (χ2n) is 6.90. The largest absolute Gasteiger partial charge is 0.493 e. The maximum absolute atomic E-state index is 10.7. The van der Waals surface area contributed by atoms with Crippen molar-refractivity contribution < 1.29 is 14.4 Å². The first-order chi connectivity index (χ1) is 12.8. The molecule has 0 amide bonds. The molecule has 6 nitrogen and oxygen atoms in total. The summed E-state index contributed by atoms with van der Waals surface area (Å²) in [7, 11) is 1.61. The van der Waals surface area contributed by atoms with Gasteiger partial charge in [0, 0.05) is 28.7 Å². The zero-order chi connectivity index (χ0) is 20.0. The number of halogens is 1. The second-order valence-corrected chi connectivity index (χ2v) is 7.75. The lowest BCUT2D eigenvalue weighted by Crippen LogP contribution is -2.37. The normalized spacial score (nSPS) is 11.3. The van der Waals surface area contributed by atoms with E-state index in [2.05, 4.69) is 42.0 Å². The third kappa shape index (κ3) is 5.94. The maximum atomic E-state index is 10.7. The molecule has 0 heterocycles. The van der Waals surface area contributed by atoms with E-state index in [0.717, 1.165) is 22.0 Å². The molecule has 0 radical (unpaired) electrons. The summed E-state index contributed by atoms with van der Waals surface area (Å²) in [6.07, 6.45) is 1.03. The Labute approximate surface area is 168 Å². The lowest BCUT2D eigenvalue weighted by atomic mass is 10.0. The molecule has 0 saturated heterocycles. The summed E-state index contributed by atoms with van der Waals surface area (Å²) in [6, 6.07) is 10.1. The van der Waals surface area contributed by atoms with Crippen LogP contribution >= 0.6 is 15.9 Å². The van der Waals surface area contributed by atoms with Crippen LogP contribution in [0, 0.1) is 10.1 Å². The zero-order valence-corrected chi connectivity index (χ0v) is 17.6. The van der Waals surface area contributed by atoms with Gasteiger partial charge in [0.15, 0.2) is 11.5 Å². The highest BCUT2D eigenvalue weighted by molar-refractivity contribution is 9.10. The Morgan fingerprint density at radius 2 is 1.85 bits per heavy atom. The van der Waals surface area contributed by atoms with Crippen molar-refractivity contribution in [2.24, 2.45) is 0 Å². The van der Waals surface area contributed by atoms with Crippen molar-refractivity contribution in [1.29, 1.82) is 0 Å². The molecule has 0 aliphatic rings. The Balaban J connectivity index is 2.10. The Hall–Kier alpha value is -2.12. The van der Waals surface area contributed by atoms with Crippen molar-refractivity contribution in [3.05, 3.63) is 62.1 Å². The quantitative estimate of drug-likeness (QED) is 0.430. The summed E-state index contributed by atoms with van der Waals surface area (Å²) in [5, 5.41) is 14.3. The fourth-order valence-corrected chi connectivity index (χ4v) is 2.78. The van der Waals surface area contributed by atoms with Crippen molar-refractivity contribution in [2.45, 2.75) is 45.9 Å². The van der Waals surface area contributed by atoms with Gasteiger partial charge in [0.05, 0.1) is 12.0 Å². The Morgan fingerprint density at radius 3 is 2.41 bits per heavy atom. The van der Waals surface area contributed by atoms with Crippen LogP contribution in [0.3, 0.4) is 0 Å². The Morgan fingerprint density at radius 1 is 1.19 bits per heavy atom. The lowest BCUT2D eigenvalue weighted by molar-refractivity contribution is -0.384. The van der Waals surface area contributed by atoms with Gasteiger partial charge in [-0.25, -0.2) is 0 Å². The maximum Gasteiger partial charge on any atom is 0.269 e. The van der Waals surface area contributed by atoms with E-state index in [1.807, 2.05) is 12.1 Å². The molecule has 0 aliphatic heterocycles. The number of hydrogen-bond acceptors (Lipinski definition) is 5. The number of nitrogens with one attached hydrogen (secondary N) is 1. The van der Waals surface area contributed by atoms with E-state index in [1.54, 1.807) is 19.2 Å². The van der Waals surface area contributed by atoms with Crippen LogP contribution < -0.4 is 14.8 Å². The molecule has 146 valence electrons. The zero-order valence-electron chi connectivity index (χ0n) is 16.0. The number of hydrogen-bond donors (Lipinski definition) is 1. The van der Waals surface area contributed by atoms with Crippen LogP contribution in [0.1, 0.15) is 38.3 Å². The van der Waals surface area contributed by atoms with Gasteiger partial charge >= 0.3 is 0 Å². The molecule has 0 saturated carbocycles. The molecule has 0 atom stereocenters. The van der Waals surface area contributed by atoms with Crippen molar-refractivity contribution >= 4 is 21.6 Å². The van der Waals surface area contributed by atoms with Crippen molar-refractivity contribution in [1.82, 2.24) is 5.32 Å². The number of nitrogens with zero attached hydrogens (tertiary/aromatic N) is 1. The molecular weight excluding hydrogens is 412 g/mol. The highest BCUT2D eigenvalue weighted by Gasteiger charge is 2.16. The molecule has 0 unspecified atom stereocenters. The highest BCUT2D eigenvalue weighted by atomic mass is 79.9. The standard InChI is InChI=1S/C20H25BrN2O4/c1-5-20(2,3)22-12-15-10-18(26-4)19(11-17(15)21)27-13-14-6-8-16(9-7-14)23(24)25/h6-11,22H,5,12-13H2,1-4H3. The summed E-state index contributed by atoms with van der Waals surface area (Å²) in [4.78, 5) is 10.3. The number of benzene rings is 2. The number of non-ortho nitro benzene ring substituents is 1. The van der Waals surface area contributed by atoms with Crippen LogP contribution in [-0.2, 0) is 13.2 Å². The summed E-state index contributed by atoms with van der Waals surface area (Å²) in [6.45, 7) is 7.49. The van der Waals surface area contributed by atoms with Crippen molar-refractivity contribution in [3.63, 3.8) is 0 Å². The topological polar surface area (TPSA) is 73.6 Å². The minimum absolute atomic E-state index is 0.0533. The summed E-state index contributed by atoms with van der Waals surface area (Å²) < 4.78 is 12.3. The van der Waals surface area contributed by atoms with Gasteiger partial charge in [-0.15, -0.1) is 0 Å². The number of rotatable bonds is 9. The van der Waals surface area contributed by atoms with E-state index in [4.69, 9.17) is 9.47 Å². The SMILES string of the molecule is CCC(C)(C)NCc1cc(OC)c(OCc2ccc([N+](=O)[O-])cc2)cc1Br. The van der Waals surface area contributed by atoms with Crippen molar-refractivity contribution in [3.8, 4) is 11.5 Å². The molecular formula is C20H25BrN2O4. The van der Waals surface area contributed by atoms with Gasteiger partial charge in [-0.1, -0.05) is 22.9 Å². The minimum atomic E-state index is -0.419. The van der Waals surface area contributed by atoms with Gasteiger partial charge in [-0.2, -0.15) is 0 Å². The van der Waals surface area contributed by atoms with E-state index >= 15 is 0 Å². The van der Waals surface area contributed by atoms with E-state index in [1.165, 1.54) is 12.1 Å². The third-order valence-corrected chi connectivity index (χ3v) is 5.25. The van der Waals surface area contributed by atoms with Gasteiger partial charge in [0.2, 0.25) is 0 Å². The molecule has 2 aromatic carbocycles. The van der Waals surface area contributed by atoms with E-state index < -0.39 is 4.92 Å². The average Bonchev–Trinajstić information content (AvgIpc) is 2.65. The number of methoxy groups -OCH3 is 1. The van der Waals surface area contributed by atoms with E-state index in [9.17, 15) is 10.1 Å². The Bertz CT molecular complexity index is 791. The minimum Gasteiger partial charge on any atom is -0.493 e. The first kappa shape index (κ1) is 21.2. The fourth-order valence-electron chi connectivity index (χ4n) is 2.32. The number of nitro benzene ring substituents is 1. The fraction of sp³-hybridized carbons (Fsp3) is 0.400. The molecule has 0 bridgehead atoms. The van der Waals surface area contributed by atoms with Crippen LogP contribution in [0.15, 0.2) is 40.9 Å². The van der Waals surface area contributed by atoms with E-state index in [0.29, 0.717) is 24.7 Å². The number of ether oxygens (including phenoxy) is 2. The first-order valence-electron chi connectivity index (χ1n) is 8.73. The van der Waals surface area contributed by atoms with Crippen LogP contribution in [0.25, 0.3) is 0 Å². The first-order valence-corrected chi connectivity index (χ1v) is 9.52. The molecule has 7 heteroatoms. The van der Waals surface area contributed by atoms with Gasteiger partial charge in [0.1, 0.15) is 6.61 Å². The molecule has 0 aliphatic carbocycles. The molecule has 0 spiro atoms. The van der Waals surface area contributed by atoms with Crippen LogP contribution in [0.4, 0.5) is 5.69 Å². The highest BCUT2D eigenvalue weighted by Crippen LogP contribution is 2.34. The van der Waals surface area contributed by atoms with Crippen LogP contribution in [-0.4, -0.2) is 17.6 Å². The predicted molar refractivity (Wildman–Crippen MR) is 109 cm³/mol. The van der Waals surface area contributed by atoms with Gasteiger partial charge in [-0.05, 0) is 55.7 Å². The molecule has 27 heavy (non-hydrogen) atoms. The van der Waals surface area contributed by atoms with Gasteiger partial charge in [0.25, 0.3) is 5.69 Å². The van der Waals surface area contributed by atoms with Gasteiger partial charge < -0.3 is 14.8 Å².